The van der Waals surface area contributed by atoms with Gasteiger partial charge in [-0.25, -0.2) is 4.79 Å². The summed E-state index contributed by atoms with van der Waals surface area (Å²) in [4.78, 5) is 15.1. The molecule has 6 heteroatoms. The molecule has 0 aliphatic carbocycles. The van der Waals surface area contributed by atoms with Crippen molar-refractivity contribution >= 4 is 11.7 Å². The third-order valence-corrected chi connectivity index (χ3v) is 6.39. The molecule has 0 bridgehead atoms. The first kappa shape index (κ1) is 23.6. The monoisotopic (exact) mass is 459 g/mol. The van der Waals surface area contributed by atoms with Crippen molar-refractivity contribution in [3.8, 4) is 11.5 Å². The van der Waals surface area contributed by atoms with E-state index in [2.05, 4.69) is 58.9 Å². The highest BCUT2D eigenvalue weighted by Gasteiger charge is 2.29. The van der Waals surface area contributed by atoms with Gasteiger partial charge in [0.05, 0.1) is 20.3 Å². The molecule has 1 atom stereocenters. The molecule has 1 unspecified atom stereocenters. The molecule has 0 fully saturated rings. The van der Waals surface area contributed by atoms with Gasteiger partial charge in [-0.2, -0.15) is 0 Å². The highest BCUT2D eigenvalue weighted by molar-refractivity contribution is 5.89. The number of benzene rings is 3. The Morgan fingerprint density at radius 1 is 0.941 bits per heavy atom. The number of nitrogens with zero attached hydrogens (tertiary/aromatic N) is 1. The van der Waals surface area contributed by atoms with Crippen LogP contribution in [0.25, 0.3) is 0 Å². The van der Waals surface area contributed by atoms with Gasteiger partial charge in [-0.3, -0.25) is 4.90 Å². The van der Waals surface area contributed by atoms with Gasteiger partial charge in [0.25, 0.3) is 0 Å². The zero-order valence-corrected chi connectivity index (χ0v) is 20.4. The number of carbonyl (C=O) groups excluding carboxylic acids is 1. The summed E-state index contributed by atoms with van der Waals surface area (Å²) in [6.07, 6.45) is 0.910. The molecular weight excluding hydrogens is 426 g/mol. The standard InChI is InChI=1S/C28H33N3O3/c1-19-5-9-21(10-6-19)18-31-14-13-22-15-26(33-3)27(34-4)16-24(22)25(31)17-29-28(32)30-23-11-7-20(2)8-12-23/h5-12,15-16,25H,13-14,17-18H2,1-4H3,(H2,29,30,32). The summed E-state index contributed by atoms with van der Waals surface area (Å²) in [5.41, 5.74) is 6.81. The van der Waals surface area contributed by atoms with E-state index in [9.17, 15) is 4.79 Å². The van der Waals surface area contributed by atoms with Crippen LogP contribution in [0.4, 0.5) is 10.5 Å². The van der Waals surface area contributed by atoms with E-state index in [4.69, 9.17) is 9.47 Å². The Bertz CT molecular complexity index is 1130. The molecule has 1 heterocycles. The molecule has 1 aliphatic rings. The fraction of sp³-hybridized carbons (Fsp3) is 0.321. The van der Waals surface area contributed by atoms with Crippen LogP contribution < -0.4 is 20.1 Å². The Balaban J connectivity index is 1.56. The van der Waals surface area contributed by atoms with Crippen molar-refractivity contribution in [2.45, 2.75) is 32.9 Å². The second-order valence-corrected chi connectivity index (χ2v) is 8.83. The maximum Gasteiger partial charge on any atom is 0.319 e. The summed E-state index contributed by atoms with van der Waals surface area (Å²) < 4.78 is 11.1. The summed E-state index contributed by atoms with van der Waals surface area (Å²) in [6, 6.07) is 20.3. The highest BCUT2D eigenvalue weighted by Crippen LogP contribution is 2.38. The average Bonchev–Trinajstić information content (AvgIpc) is 2.85. The predicted molar refractivity (Wildman–Crippen MR) is 136 cm³/mol. The number of aryl methyl sites for hydroxylation is 2. The first-order valence-electron chi connectivity index (χ1n) is 11.6. The van der Waals surface area contributed by atoms with Crippen molar-refractivity contribution in [2.24, 2.45) is 0 Å². The second kappa shape index (κ2) is 10.6. The van der Waals surface area contributed by atoms with Gasteiger partial charge in [0, 0.05) is 25.3 Å². The molecule has 3 aromatic carbocycles. The number of methoxy groups -OCH3 is 2. The summed E-state index contributed by atoms with van der Waals surface area (Å²) in [5.74, 6) is 1.43. The number of nitrogens with one attached hydrogen (secondary N) is 2. The summed E-state index contributed by atoms with van der Waals surface area (Å²) >= 11 is 0. The normalized spacial score (nSPS) is 15.4. The topological polar surface area (TPSA) is 62.8 Å². The van der Waals surface area contributed by atoms with E-state index >= 15 is 0 Å². The second-order valence-electron chi connectivity index (χ2n) is 8.83. The van der Waals surface area contributed by atoms with E-state index in [0.29, 0.717) is 12.3 Å². The van der Waals surface area contributed by atoms with Gasteiger partial charge < -0.3 is 20.1 Å². The van der Waals surface area contributed by atoms with Crippen LogP contribution in [0.3, 0.4) is 0 Å². The number of hydrogen-bond acceptors (Lipinski definition) is 4. The largest absolute Gasteiger partial charge is 0.493 e. The van der Waals surface area contributed by atoms with Gasteiger partial charge in [-0.1, -0.05) is 47.5 Å². The fourth-order valence-electron chi connectivity index (χ4n) is 4.44. The molecule has 2 N–H and O–H groups in total. The number of urea groups is 1. The van der Waals surface area contributed by atoms with E-state index in [0.717, 1.165) is 42.1 Å². The number of rotatable bonds is 7. The van der Waals surface area contributed by atoms with E-state index in [1.807, 2.05) is 31.2 Å². The smallest absolute Gasteiger partial charge is 0.319 e. The molecule has 2 amide bonds. The minimum atomic E-state index is -0.216. The van der Waals surface area contributed by atoms with Crippen molar-refractivity contribution in [3.05, 3.63) is 88.5 Å². The maximum atomic E-state index is 12.7. The minimum Gasteiger partial charge on any atom is -0.493 e. The molecule has 0 spiro atoms. The van der Waals surface area contributed by atoms with Gasteiger partial charge in [0.2, 0.25) is 0 Å². The molecule has 0 saturated heterocycles. The Kier molecular flexibility index (Phi) is 7.38. The lowest BCUT2D eigenvalue weighted by atomic mass is 9.91. The van der Waals surface area contributed by atoms with Crippen molar-refractivity contribution in [2.75, 3.05) is 32.6 Å². The molecule has 0 saturated carbocycles. The van der Waals surface area contributed by atoms with Crippen LogP contribution in [0.15, 0.2) is 60.7 Å². The van der Waals surface area contributed by atoms with Crippen LogP contribution in [0.1, 0.15) is 33.9 Å². The van der Waals surface area contributed by atoms with Crippen LogP contribution in [0, 0.1) is 13.8 Å². The van der Waals surface area contributed by atoms with E-state index < -0.39 is 0 Å². The van der Waals surface area contributed by atoms with Crippen LogP contribution in [-0.4, -0.2) is 38.2 Å². The summed E-state index contributed by atoms with van der Waals surface area (Å²) in [6.45, 7) is 6.30. The van der Waals surface area contributed by atoms with E-state index in [-0.39, 0.29) is 12.1 Å². The van der Waals surface area contributed by atoms with E-state index in [1.54, 1.807) is 14.2 Å². The van der Waals surface area contributed by atoms with Gasteiger partial charge in [0.15, 0.2) is 11.5 Å². The lowest BCUT2D eigenvalue weighted by Gasteiger charge is -2.38. The zero-order chi connectivity index (χ0) is 24.1. The molecule has 6 nitrogen and oxygen atoms in total. The first-order valence-corrected chi connectivity index (χ1v) is 11.6. The number of fused-ring (bicyclic) bond motifs is 1. The van der Waals surface area contributed by atoms with Crippen molar-refractivity contribution in [3.63, 3.8) is 0 Å². The zero-order valence-electron chi connectivity index (χ0n) is 20.4. The molecule has 34 heavy (non-hydrogen) atoms. The maximum absolute atomic E-state index is 12.7. The molecule has 4 rings (SSSR count). The quantitative estimate of drug-likeness (QED) is 0.507. The van der Waals surface area contributed by atoms with Crippen molar-refractivity contribution in [1.82, 2.24) is 10.2 Å². The van der Waals surface area contributed by atoms with Gasteiger partial charge in [-0.15, -0.1) is 0 Å². The molecule has 0 radical (unpaired) electrons. The fourth-order valence-corrected chi connectivity index (χ4v) is 4.44. The molecule has 0 aromatic heterocycles. The van der Waals surface area contributed by atoms with Gasteiger partial charge in [0.1, 0.15) is 0 Å². The number of hydrogen-bond donors (Lipinski definition) is 2. The van der Waals surface area contributed by atoms with Crippen molar-refractivity contribution < 1.29 is 14.3 Å². The SMILES string of the molecule is COc1cc2c(cc1OC)C(CNC(=O)Nc1ccc(C)cc1)N(Cc1ccc(C)cc1)CC2. The minimum absolute atomic E-state index is 0.00799. The Labute approximate surface area is 201 Å². The number of carbonyl (C=O) groups is 1. The molecule has 1 aliphatic heterocycles. The summed E-state index contributed by atoms with van der Waals surface area (Å²) in [5, 5.41) is 6.01. The third kappa shape index (κ3) is 5.51. The number of anilines is 1. The summed E-state index contributed by atoms with van der Waals surface area (Å²) in [7, 11) is 3.31. The van der Waals surface area contributed by atoms with Crippen LogP contribution in [0.2, 0.25) is 0 Å². The van der Waals surface area contributed by atoms with E-state index in [1.165, 1.54) is 16.7 Å². The van der Waals surface area contributed by atoms with Crippen molar-refractivity contribution in [1.29, 1.82) is 0 Å². The first-order chi connectivity index (χ1) is 16.5. The van der Waals surface area contributed by atoms with Crippen LogP contribution in [-0.2, 0) is 13.0 Å². The lowest BCUT2D eigenvalue weighted by Crippen LogP contribution is -2.42. The van der Waals surface area contributed by atoms with Crippen LogP contribution in [0.5, 0.6) is 11.5 Å². The lowest BCUT2D eigenvalue weighted by molar-refractivity contribution is 0.172. The Hall–Kier alpha value is -3.51. The predicted octanol–water partition coefficient (Wildman–Crippen LogP) is 5.24. The van der Waals surface area contributed by atoms with Gasteiger partial charge in [-0.05, 0) is 61.2 Å². The molecular formula is C28H33N3O3. The number of ether oxygens (including phenoxy) is 2. The molecule has 3 aromatic rings. The number of amides is 2. The van der Waals surface area contributed by atoms with Gasteiger partial charge >= 0.3 is 6.03 Å². The van der Waals surface area contributed by atoms with Crippen LogP contribution >= 0.6 is 0 Å². The Morgan fingerprint density at radius 2 is 1.56 bits per heavy atom. The Morgan fingerprint density at radius 3 is 2.21 bits per heavy atom. The average molecular weight is 460 g/mol. The molecule has 178 valence electrons. The third-order valence-electron chi connectivity index (χ3n) is 6.39. The highest BCUT2D eigenvalue weighted by atomic mass is 16.5.